The summed E-state index contributed by atoms with van der Waals surface area (Å²) in [6.45, 7) is 0. The third-order valence-corrected chi connectivity index (χ3v) is 4.89. The molecule has 0 heterocycles. The van der Waals surface area contributed by atoms with E-state index >= 15 is 0 Å². The second-order valence-electron chi connectivity index (χ2n) is 1.80. The Hall–Kier alpha value is -1.54. The summed E-state index contributed by atoms with van der Waals surface area (Å²) in [4.78, 5) is 6.19. The Labute approximate surface area is 112 Å². The number of hydrogen-bond donors (Lipinski definition) is 1. The molecule has 0 aromatic rings. The fourth-order valence-electron chi connectivity index (χ4n) is 0.265. The third kappa shape index (κ3) is 2.02. The molecule has 0 aliphatic rings. The maximum absolute atomic E-state index is 8.58. The van der Waals surface area contributed by atoms with Crippen LogP contribution in [0.1, 0.15) is 0 Å². The Bertz CT molecular complexity index is 394. The van der Waals surface area contributed by atoms with Crippen molar-refractivity contribution in [3.8, 4) is 29.8 Å². The van der Waals surface area contributed by atoms with Crippen molar-refractivity contribution < 1.29 is 44.9 Å². The van der Waals surface area contributed by atoms with Crippen molar-refractivity contribution in [3.63, 3.8) is 0 Å². The summed E-state index contributed by atoms with van der Waals surface area (Å²) in [5.74, 6) is 0. The molecular formula is C6H3Fe3N7. The average Bonchev–Trinajstić information content (AvgIpc) is 2.26. The Balaban J connectivity index is -0.000000240. The van der Waals surface area contributed by atoms with Crippen molar-refractivity contribution in [3.05, 3.63) is 0 Å². The molecule has 0 amide bonds. The molecule has 0 aromatic heterocycles. The van der Waals surface area contributed by atoms with Gasteiger partial charge in [0.2, 0.25) is 0 Å². The number of nitrogens with zero attached hydrogens (tertiary/aromatic N) is 6. The van der Waals surface area contributed by atoms with Gasteiger partial charge in [0.25, 0.3) is 0 Å². The zero-order valence-electron chi connectivity index (χ0n) is 7.45. The van der Waals surface area contributed by atoms with Crippen LogP contribution in [-0.4, -0.2) is 0 Å². The van der Waals surface area contributed by atoms with E-state index in [1.54, 1.807) is 0 Å². The minimum atomic E-state index is -6.17. The molecule has 0 bridgehead atoms. The summed E-state index contributed by atoms with van der Waals surface area (Å²) >= 11 is 0. The minimum absolute atomic E-state index is 0. The summed E-state index contributed by atoms with van der Waals surface area (Å²) in [6, 6.07) is 0. The van der Waals surface area contributed by atoms with E-state index in [0.717, 1.165) is 29.8 Å². The third-order valence-electron chi connectivity index (χ3n) is 1.19. The van der Waals surface area contributed by atoms with Crippen LogP contribution < -0.4 is 6.15 Å². The van der Waals surface area contributed by atoms with Crippen LogP contribution in [0.25, 0.3) is 0 Å². The van der Waals surface area contributed by atoms with Crippen LogP contribution in [-0.2, 0) is 44.9 Å². The van der Waals surface area contributed by atoms with Gasteiger partial charge in [0.15, 0.2) is 0 Å². The van der Waals surface area contributed by atoms with Gasteiger partial charge in [-0.25, -0.2) is 0 Å². The molecule has 3 N–H and O–H groups in total. The molecule has 86 valence electrons. The Morgan fingerprint density at radius 3 is 0.625 bits per heavy atom. The predicted molar refractivity (Wildman–Crippen MR) is 38.7 cm³/mol. The van der Waals surface area contributed by atoms with Gasteiger partial charge >= 0.3 is 72.1 Å². The molecule has 0 fully saturated rings. The zero-order valence-corrected chi connectivity index (χ0v) is 10.8. The molecule has 0 saturated heterocycles. The van der Waals surface area contributed by atoms with Gasteiger partial charge in [0, 0.05) is 34.1 Å². The summed E-state index contributed by atoms with van der Waals surface area (Å²) in [7, 11) is -6.17. The van der Waals surface area contributed by atoms with Gasteiger partial charge in [-0.3, -0.25) is 0 Å². The van der Waals surface area contributed by atoms with Crippen molar-refractivity contribution in [1.29, 1.82) is 31.6 Å². The normalized spacial score (nSPS) is 10.9. The van der Waals surface area contributed by atoms with E-state index in [1.807, 2.05) is 0 Å². The van der Waals surface area contributed by atoms with Crippen LogP contribution in [0.4, 0.5) is 0 Å². The maximum atomic E-state index is 8.58. The molecule has 0 spiro atoms. The van der Waals surface area contributed by atoms with Crippen molar-refractivity contribution >= 4 is 0 Å². The minimum Gasteiger partial charge on any atom is 0 e. The van der Waals surface area contributed by atoms with Gasteiger partial charge < -0.3 is 6.15 Å². The molecule has 7 nitrogen and oxygen atoms in total. The molecule has 0 atom stereocenters. The molecule has 0 unspecified atom stereocenters. The van der Waals surface area contributed by atoms with Gasteiger partial charge in [0.05, 0.1) is 0 Å². The van der Waals surface area contributed by atoms with E-state index in [1.165, 1.54) is 0 Å². The Morgan fingerprint density at radius 1 is 0.500 bits per heavy atom. The van der Waals surface area contributed by atoms with E-state index in [2.05, 4.69) is 0 Å². The molecule has 16 heavy (non-hydrogen) atoms. The largest absolute Gasteiger partial charge is 0 e. The van der Waals surface area contributed by atoms with Gasteiger partial charge in [-0.15, -0.1) is 0 Å². The van der Waals surface area contributed by atoms with Crippen LogP contribution in [0.3, 0.4) is 0 Å². The molecule has 0 aromatic carbocycles. The fourth-order valence-corrected chi connectivity index (χ4v) is 1.09. The summed E-state index contributed by atoms with van der Waals surface area (Å²) in [5, 5.41) is 51.5. The molecule has 0 rings (SSSR count). The second kappa shape index (κ2) is 5.52. The molecular weight excluding hydrogens is 338 g/mol. The second-order valence-corrected chi connectivity index (χ2v) is 7.42. The van der Waals surface area contributed by atoms with Crippen LogP contribution >= 0.6 is 0 Å². The molecule has 0 saturated carbocycles. The van der Waals surface area contributed by atoms with E-state index in [0.29, 0.717) is 0 Å². The standard InChI is InChI=1S/6CN.3Fe.H3N/c6*1-2;;;;/h;;;;;;;;;1H3. The SMILES string of the molecule is N.N#[C][Fe]([C]#N)([C]#N)([C]#N)([C]#N)[C]#N.[Fe].[Fe]. The average molecular weight is 341 g/mol. The fraction of sp³-hybridized carbons (Fsp3) is 0. The van der Waals surface area contributed by atoms with Crippen molar-refractivity contribution in [2.75, 3.05) is 0 Å². The predicted octanol–water partition coefficient (Wildman–Crippen LogP) is 0.255. The van der Waals surface area contributed by atoms with Gasteiger partial charge in [-0.2, -0.15) is 0 Å². The van der Waals surface area contributed by atoms with Crippen molar-refractivity contribution in [2.45, 2.75) is 0 Å². The quantitative estimate of drug-likeness (QED) is 0.614. The van der Waals surface area contributed by atoms with Crippen molar-refractivity contribution in [2.24, 2.45) is 0 Å². The Morgan fingerprint density at radius 2 is 0.625 bits per heavy atom. The summed E-state index contributed by atoms with van der Waals surface area (Å²) in [6.07, 6.45) is 0. The first-order valence-corrected chi connectivity index (χ1v) is 5.71. The maximum Gasteiger partial charge on any atom is 0 e. The first-order valence-electron chi connectivity index (χ1n) is 2.40. The van der Waals surface area contributed by atoms with Gasteiger partial charge in [-0.05, 0) is 0 Å². The molecule has 0 aliphatic heterocycles. The van der Waals surface area contributed by atoms with Gasteiger partial charge in [-0.1, -0.05) is 0 Å². The number of nitriles is 6. The monoisotopic (exact) mass is 341 g/mol. The van der Waals surface area contributed by atoms with Crippen LogP contribution in [0.5, 0.6) is 0 Å². The van der Waals surface area contributed by atoms with Crippen LogP contribution in [0.2, 0.25) is 0 Å². The number of hydrogen-bond acceptors (Lipinski definition) is 7. The zero-order chi connectivity index (χ0) is 10.7. The Kier molecular flexibility index (Phi) is 8.26. The smallest absolute Gasteiger partial charge is 0 e. The van der Waals surface area contributed by atoms with E-state index in [4.69, 9.17) is 31.6 Å². The molecule has 10 heteroatoms. The van der Waals surface area contributed by atoms with E-state index < -0.39 is 10.7 Å². The topological polar surface area (TPSA) is 178 Å². The first-order chi connectivity index (χ1) is 5.97. The molecule has 0 radical (unpaired) electrons. The summed E-state index contributed by atoms with van der Waals surface area (Å²) < 4.78 is 0. The van der Waals surface area contributed by atoms with Gasteiger partial charge in [0.1, 0.15) is 0 Å². The van der Waals surface area contributed by atoms with Crippen LogP contribution in [0, 0.1) is 61.4 Å². The first kappa shape index (κ1) is 23.9. The molecule has 0 aliphatic carbocycles. The van der Waals surface area contributed by atoms with E-state index in [9.17, 15) is 0 Å². The summed E-state index contributed by atoms with van der Waals surface area (Å²) in [5.41, 5.74) is 0. The number of rotatable bonds is 0. The van der Waals surface area contributed by atoms with E-state index in [-0.39, 0.29) is 40.3 Å². The van der Waals surface area contributed by atoms with Crippen LogP contribution in [0.15, 0.2) is 0 Å². The van der Waals surface area contributed by atoms with Crippen molar-refractivity contribution in [1.82, 2.24) is 6.15 Å².